The number of rotatable bonds is 4. The fourth-order valence-corrected chi connectivity index (χ4v) is 2.32. The van der Waals surface area contributed by atoms with Gasteiger partial charge in [0.05, 0.1) is 6.61 Å². The summed E-state index contributed by atoms with van der Waals surface area (Å²) in [6, 6.07) is 9.46. The summed E-state index contributed by atoms with van der Waals surface area (Å²) in [6.45, 7) is 5.31. The molecule has 1 heterocycles. The molecule has 0 radical (unpaired) electrons. The van der Waals surface area contributed by atoms with E-state index in [1.165, 1.54) is 18.4 Å². The lowest BCUT2D eigenvalue weighted by Gasteiger charge is -2.30. The van der Waals surface area contributed by atoms with E-state index in [0.29, 0.717) is 12.1 Å². The molecule has 2 nitrogen and oxygen atoms in total. The molecule has 1 aliphatic heterocycles. The normalized spacial score (nSPS) is 19.3. The largest absolute Gasteiger partial charge is 0.493 e. The quantitative estimate of drug-likeness (QED) is 0.839. The Labute approximate surface area is 98.0 Å². The molecule has 0 spiro atoms. The van der Waals surface area contributed by atoms with Crippen LogP contribution in [0.3, 0.4) is 0 Å². The van der Waals surface area contributed by atoms with E-state index in [0.717, 1.165) is 18.8 Å². The monoisotopic (exact) mass is 219 g/mol. The highest BCUT2D eigenvalue weighted by Crippen LogP contribution is 2.32. The van der Waals surface area contributed by atoms with Crippen molar-refractivity contribution < 1.29 is 4.74 Å². The van der Waals surface area contributed by atoms with Crippen LogP contribution in [-0.4, -0.2) is 12.6 Å². The highest BCUT2D eigenvalue weighted by Gasteiger charge is 2.22. The second kappa shape index (κ2) is 5.35. The van der Waals surface area contributed by atoms with Crippen molar-refractivity contribution in [3.05, 3.63) is 29.8 Å². The molecule has 0 saturated heterocycles. The number of hydrogen-bond donors (Lipinski definition) is 1. The summed E-state index contributed by atoms with van der Waals surface area (Å²) in [7, 11) is 0. The number of nitrogens with one attached hydrogen (secondary N) is 1. The Morgan fingerprint density at radius 2 is 2.06 bits per heavy atom. The Bertz CT molecular complexity index is 333. The van der Waals surface area contributed by atoms with Crippen LogP contribution < -0.4 is 10.1 Å². The van der Waals surface area contributed by atoms with E-state index in [2.05, 4.69) is 37.4 Å². The number of fused-ring (bicyclic) bond motifs is 1. The molecule has 0 fully saturated rings. The molecular formula is C14H21NO. The maximum atomic E-state index is 5.66. The molecule has 0 bridgehead atoms. The first-order valence-corrected chi connectivity index (χ1v) is 6.33. The third kappa shape index (κ3) is 2.38. The number of para-hydroxylation sites is 1. The lowest BCUT2D eigenvalue weighted by atomic mass is 9.99. The predicted molar refractivity (Wildman–Crippen MR) is 66.8 cm³/mol. The van der Waals surface area contributed by atoms with Gasteiger partial charge >= 0.3 is 0 Å². The van der Waals surface area contributed by atoms with E-state index in [-0.39, 0.29) is 0 Å². The summed E-state index contributed by atoms with van der Waals surface area (Å²) in [6.07, 6.45) is 3.46. The number of ether oxygens (including phenoxy) is 1. The number of benzene rings is 1. The average Bonchev–Trinajstić information content (AvgIpc) is 2.36. The standard InChI is InChI=1S/C14H21NO/c1-3-11(4-2)15-13-9-10-16-14-8-6-5-7-12(13)14/h5-8,11,13,15H,3-4,9-10H2,1-2H3. The molecule has 1 aromatic carbocycles. The summed E-state index contributed by atoms with van der Waals surface area (Å²) in [5, 5.41) is 3.73. The van der Waals surface area contributed by atoms with Crippen molar-refractivity contribution in [3.63, 3.8) is 0 Å². The van der Waals surface area contributed by atoms with Crippen molar-refractivity contribution >= 4 is 0 Å². The van der Waals surface area contributed by atoms with Gasteiger partial charge in [-0.2, -0.15) is 0 Å². The van der Waals surface area contributed by atoms with E-state index >= 15 is 0 Å². The average molecular weight is 219 g/mol. The fourth-order valence-electron chi connectivity index (χ4n) is 2.32. The Morgan fingerprint density at radius 3 is 2.81 bits per heavy atom. The summed E-state index contributed by atoms with van der Waals surface area (Å²) in [5.41, 5.74) is 1.32. The van der Waals surface area contributed by atoms with Gasteiger partial charge in [-0.3, -0.25) is 0 Å². The molecule has 0 saturated carbocycles. The van der Waals surface area contributed by atoms with Crippen LogP contribution >= 0.6 is 0 Å². The van der Waals surface area contributed by atoms with Crippen molar-refractivity contribution in [1.82, 2.24) is 5.32 Å². The number of hydrogen-bond acceptors (Lipinski definition) is 2. The van der Waals surface area contributed by atoms with Gasteiger partial charge in [-0.1, -0.05) is 32.0 Å². The molecular weight excluding hydrogens is 198 g/mol. The summed E-state index contributed by atoms with van der Waals surface area (Å²) in [5.74, 6) is 1.05. The van der Waals surface area contributed by atoms with Crippen molar-refractivity contribution in [2.75, 3.05) is 6.61 Å². The molecule has 16 heavy (non-hydrogen) atoms. The Hall–Kier alpha value is -1.02. The SMILES string of the molecule is CCC(CC)NC1CCOc2ccccc21. The highest BCUT2D eigenvalue weighted by molar-refractivity contribution is 5.37. The maximum Gasteiger partial charge on any atom is 0.124 e. The molecule has 1 atom stereocenters. The molecule has 1 unspecified atom stereocenters. The molecule has 1 aliphatic rings. The maximum absolute atomic E-state index is 5.66. The molecule has 88 valence electrons. The van der Waals surface area contributed by atoms with Gasteiger partial charge in [0.25, 0.3) is 0 Å². The van der Waals surface area contributed by atoms with Crippen LogP contribution in [-0.2, 0) is 0 Å². The van der Waals surface area contributed by atoms with E-state index in [1.54, 1.807) is 0 Å². The topological polar surface area (TPSA) is 21.3 Å². The van der Waals surface area contributed by atoms with Crippen LogP contribution in [0.1, 0.15) is 44.7 Å². The van der Waals surface area contributed by atoms with Crippen LogP contribution in [0.2, 0.25) is 0 Å². The van der Waals surface area contributed by atoms with Gasteiger partial charge in [0, 0.05) is 24.1 Å². The van der Waals surface area contributed by atoms with Crippen molar-refractivity contribution in [2.45, 2.75) is 45.2 Å². The summed E-state index contributed by atoms with van der Waals surface area (Å²) >= 11 is 0. The summed E-state index contributed by atoms with van der Waals surface area (Å²) < 4.78 is 5.66. The molecule has 0 amide bonds. The lowest BCUT2D eigenvalue weighted by Crippen LogP contribution is -2.34. The van der Waals surface area contributed by atoms with E-state index in [1.807, 2.05) is 6.07 Å². The minimum Gasteiger partial charge on any atom is -0.493 e. The Kier molecular flexibility index (Phi) is 3.83. The minimum atomic E-state index is 0.467. The van der Waals surface area contributed by atoms with E-state index in [9.17, 15) is 0 Å². The molecule has 1 aromatic rings. The predicted octanol–water partition coefficient (Wildman–Crippen LogP) is 3.29. The molecule has 0 aromatic heterocycles. The van der Waals surface area contributed by atoms with E-state index in [4.69, 9.17) is 4.74 Å². The zero-order chi connectivity index (χ0) is 11.4. The van der Waals surface area contributed by atoms with Gasteiger partial charge in [0.15, 0.2) is 0 Å². The van der Waals surface area contributed by atoms with Crippen LogP contribution in [0.4, 0.5) is 0 Å². The first-order chi connectivity index (χ1) is 7.85. The van der Waals surface area contributed by atoms with Crippen molar-refractivity contribution in [3.8, 4) is 5.75 Å². The first kappa shape index (κ1) is 11.5. The van der Waals surface area contributed by atoms with Gasteiger partial charge in [-0.15, -0.1) is 0 Å². The van der Waals surface area contributed by atoms with Crippen LogP contribution in [0, 0.1) is 0 Å². The summed E-state index contributed by atoms with van der Waals surface area (Å²) in [4.78, 5) is 0. The zero-order valence-electron chi connectivity index (χ0n) is 10.2. The van der Waals surface area contributed by atoms with Gasteiger partial charge in [0.2, 0.25) is 0 Å². The Morgan fingerprint density at radius 1 is 1.31 bits per heavy atom. The lowest BCUT2D eigenvalue weighted by molar-refractivity contribution is 0.241. The van der Waals surface area contributed by atoms with E-state index < -0.39 is 0 Å². The first-order valence-electron chi connectivity index (χ1n) is 6.33. The zero-order valence-corrected chi connectivity index (χ0v) is 10.2. The smallest absolute Gasteiger partial charge is 0.124 e. The molecule has 2 heteroatoms. The van der Waals surface area contributed by atoms with Gasteiger partial charge in [0.1, 0.15) is 5.75 Å². The van der Waals surface area contributed by atoms with Crippen molar-refractivity contribution in [2.24, 2.45) is 0 Å². The third-order valence-corrected chi connectivity index (χ3v) is 3.38. The minimum absolute atomic E-state index is 0.467. The van der Waals surface area contributed by atoms with Crippen LogP contribution in [0.5, 0.6) is 5.75 Å². The van der Waals surface area contributed by atoms with Crippen molar-refractivity contribution in [1.29, 1.82) is 0 Å². The van der Waals surface area contributed by atoms with Gasteiger partial charge in [-0.05, 0) is 18.9 Å². The van der Waals surface area contributed by atoms with Gasteiger partial charge < -0.3 is 10.1 Å². The van der Waals surface area contributed by atoms with Gasteiger partial charge in [-0.25, -0.2) is 0 Å². The molecule has 1 N–H and O–H groups in total. The highest BCUT2D eigenvalue weighted by atomic mass is 16.5. The molecule has 2 rings (SSSR count). The molecule has 0 aliphatic carbocycles. The Balaban J connectivity index is 2.12. The fraction of sp³-hybridized carbons (Fsp3) is 0.571. The van der Waals surface area contributed by atoms with Crippen LogP contribution in [0.25, 0.3) is 0 Å². The second-order valence-electron chi connectivity index (χ2n) is 4.41. The second-order valence-corrected chi connectivity index (χ2v) is 4.41. The van der Waals surface area contributed by atoms with Crippen LogP contribution in [0.15, 0.2) is 24.3 Å². The third-order valence-electron chi connectivity index (χ3n) is 3.38.